The number of allylic oxidation sites excluding steroid dienone is 1. The Bertz CT molecular complexity index is 1630. The molecule has 41 heavy (non-hydrogen) atoms. The summed E-state index contributed by atoms with van der Waals surface area (Å²) in [6, 6.07) is 10.2. The molecule has 0 N–H and O–H groups in total. The predicted molar refractivity (Wildman–Crippen MR) is 158 cm³/mol. The molecule has 2 aromatic carbocycles. The number of methoxy groups -OCH3 is 2. The lowest BCUT2D eigenvalue weighted by Crippen LogP contribution is -2.40. The molecular weight excluding hydrogens is 544 g/mol. The van der Waals surface area contributed by atoms with Crippen molar-refractivity contribution in [3.05, 3.63) is 78.5 Å². The molecule has 1 aromatic heterocycles. The van der Waals surface area contributed by atoms with E-state index in [-0.39, 0.29) is 18.3 Å². The first kappa shape index (κ1) is 29.9. The molecule has 10 heteroatoms. The second kappa shape index (κ2) is 13.1. The highest BCUT2D eigenvalue weighted by atomic mass is 32.1. The molecular formula is C31H36N2O7S. The van der Waals surface area contributed by atoms with Crippen molar-refractivity contribution in [1.82, 2.24) is 4.57 Å². The van der Waals surface area contributed by atoms with Crippen LogP contribution < -0.4 is 33.8 Å². The highest BCUT2D eigenvalue weighted by molar-refractivity contribution is 7.07. The lowest BCUT2D eigenvalue weighted by Gasteiger charge is -2.25. The van der Waals surface area contributed by atoms with E-state index in [1.807, 2.05) is 45.0 Å². The molecule has 2 heterocycles. The Kier molecular flexibility index (Phi) is 9.54. The zero-order valence-electron chi connectivity index (χ0n) is 24.5. The van der Waals surface area contributed by atoms with Crippen LogP contribution in [0.2, 0.25) is 0 Å². The number of rotatable bonds is 11. The monoisotopic (exact) mass is 580 g/mol. The quantitative estimate of drug-likeness (QED) is 0.310. The molecule has 0 saturated carbocycles. The number of fused-ring (bicyclic) bond motifs is 1. The van der Waals surface area contributed by atoms with Gasteiger partial charge in [0.15, 0.2) is 27.8 Å². The van der Waals surface area contributed by atoms with E-state index in [0.717, 1.165) is 12.0 Å². The van der Waals surface area contributed by atoms with Crippen molar-refractivity contribution in [3.63, 3.8) is 0 Å². The van der Waals surface area contributed by atoms with Crippen molar-refractivity contribution < 1.29 is 28.5 Å². The van der Waals surface area contributed by atoms with E-state index in [0.29, 0.717) is 55.8 Å². The zero-order valence-corrected chi connectivity index (χ0v) is 25.3. The molecule has 1 aliphatic rings. The Hall–Kier alpha value is -4.05. The number of hydrogen-bond donors (Lipinski definition) is 0. The first-order chi connectivity index (χ1) is 19.7. The van der Waals surface area contributed by atoms with Crippen LogP contribution in [0.5, 0.6) is 23.0 Å². The lowest BCUT2D eigenvalue weighted by atomic mass is 9.95. The fourth-order valence-corrected chi connectivity index (χ4v) is 5.62. The number of esters is 1. The fraction of sp³-hybridized carbons (Fsp3) is 0.387. The van der Waals surface area contributed by atoms with Gasteiger partial charge in [-0.1, -0.05) is 30.4 Å². The van der Waals surface area contributed by atoms with Gasteiger partial charge in [-0.25, -0.2) is 9.79 Å². The van der Waals surface area contributed by atoms with Crippen molar-refractivity contribution in [1.29, 1.82) is 0 Å². The molecule has 0 bridgehead atoms. The average molecular weight is 581 g/mol. The Balaban J connectivity index is 1.89. The predicted octanol–water partition coefficient (Wildman–Crippen LogP) is 4.39. The highest BCUT2D eigenvalue weighted by Gasteiger charge is 2.34. The SMILES string of the molecule is CCCOc1ccc(/C=c2\sc3n(c2=O)[C@@H](c2ccc(OC(C)C)c(OC)c2)C(C(=O)OCC)=C(C)N=3)cc1OC. The first-order valence-electron chi connectivity index (χ1n) is 13.6. The average Bonchev–Trinajstić information content (AvgIpc) is 3.25. The maximum Gasteiger partial charge on any atom is 0.338 e. The molecule has 0 radical (unpaired) electrons. The number of aromatic nitrogens is 1. The minimum absolute atomic E-state index is 0.0597. The fourth-order valence-electron chi connectivity index (χ4n) is 4.57. The van der Waals surface area contributed by atoms with Gasteiger partial charge in [0.05, 0.1) is 55.4 Å². The van der Waals surface area contributed by atoms with Crippen LogP contribution in [-0.2, 0) is 9.53 Å². The van der Waals surface area contributed by atoms with Crippen molar-refractivity contribution in [2.75, 3.05) is 27.4 Å². The van der Waals surface area contributed by atoms with Gasteiger partial charge < -0.3 is 23.7 Å². The molecule has 4 rings (SSSR count). The molecule has 0 fully saturated rings. The third-order valence-corrected chi connectivity index (χ3v) is 7.31. The van der Waals surface area contributed by atoms with Crippen LogP contribution in [0.3, 0.4) is 0 Å². The van der Waals surface area contributed by atoms with Gasteiger partial charge in [-0.05, 0) is 75.6 Å². The molecule has 3 aromatic rings. The molecule has 1 atom stereocenters. The Morgan fingerprint density at radius 3 is 2.41 bits per heavy atom. The van der Waals surface area contributed by atoms with Gasteiger partial charge >= 0.3 is 5.97 Å². The van der Waals surface area contributed by atoms with E-state index in [1.165, 1.54) is 11.3 Å². The molecule has 0 saturated heterocycles. The van der Waals surface area contributed by atoms with Crippen molar-refractivity contribution >= 4 is 23.4 Å². The van der Waals surface area contributed by atoms with E-state index < -0.39 is 12.0 Å². The first-order valence-corrected chi connectivity index (χ1v) is 14.4. The summed E-state index contributed by atoms with van der Waals surface area (Å²) < 4.78 is 30.2. The topological polar surface area (TPSA) is 97.6 Å². The molecule has 1 aliphatic heterocycles. The molecule has 0 spiro atoms. The van der Waals surface area contributed by atoms with Crippen LogP contribution in [0.25, 0.3) is 6.08 Å². The van der Waals surface area contributed by atoms with Gasteiger partial charge in [0.1, 0.15) is 0 Å². The Labute approximate surface area is 243 Å². The maximum absolute atomic E-state index is 14.0. The van der Waals surface area contributed by atoms with E-state index >= 15 is 0 Å². The summed E-state index contributed by atoms with van der Waals surface area (Å²) in [7, 11) is 3.13. The van der Waals surface area contributed by atoms with E-state index in [9.17, 15) is 9.59 Å². The maximum atomic E-state index is 14.0. The van der Waals surface area contributed by atoms with Gasteiger partial charge in [0.25, 0.3) is 5.56 Å². The highest BCUT2D eigenvalue weighted by Crippen LogP contribution is 2.36. The summed E-state index contributed by atoms with van der Waals surface area (Å²) in [6.45, 7) is 10.2. The minimum Gasteiger partial charge on any atom is -0.493 e. The third kappa shape index (κ3) is 6.32. The van der Waals surface area contributed by atoms with Crippen LogP contribution in [0, 0.1) is 0 Å². The van der Waals surface area contributed by atoms with Gasteiger partial charge in [-0.15, -0.1) is 0 Å². The van der Waals surface area contributed by atoms with Crippen molar-refractivity contribution in [2.45, 2.75) is 53.2 Å². The summed E-state index contributed by atoms with van der Waals surface area (Å²) in [4.78, 5) is 32.3. The summed E-state index contributed by atoms with van der Waals surface area (Å²) in [5, 5.41) is 0. The third-order valence-electron chi connectivity index (χ3n) is 6.33. The molecule has 0 unspecified atom stereocenters. The van der Waals surface area contributed by atoms with Crippen molar-refractivity contribution in [2.24, 2.45) is 4.99 Å². The number of benzene rings is 2. The number of hydrogen-bond acceptors (Lipinski definition) is 9. The number of carbonyl (C=O) groups excluding carboxylic acids is 1. The van der Waals surface area contributed by atoms with Crippen LogP contribution >= 0.6 is 11.3 Å². The van der Waals surface area contributed by atoms with E-state index in [4.69, 9.17) is 23.7 Å². The Morgan fingerprint density at radius 2 is 1.76 bits per heavy atom. The van der Waals surface area contributed by atoms with Gasteiger partial charge in [0.2, 0.25) is 0 Å². The van der Waals surface area contributed by atoms with Crippen molar-refractivity contribution in [3.8, 4) is 23.0 Å². The minimum atomic E-state index is -0.770. The lowest BCUT2D eigenvalue weighted by molar-refractivity contribution is -0.139. The normalized spacial score (nSPS) is 14.9. The summed E-state index contributed by atoms with van der Waals surface area (Å²) >= 11 is 1.25. The van der Waals surface area contributed by atoms with Gasteiger partial charge in [0, 0.05) is 0 Å². The van der Waals surface area contributed by atoms with Gasteiger partial charge in [-0.2, -0.15) is 0 Å². The zero-order chi connectivity index (χ0) is 29.7. The number of carbonyl (C=O) groups is 1. The van der Waals surface area contributed by atoms with Crippen LogP contribution in [0.15, 0.2) is 57.5 Å². The molecule has 9 nitrogen and oxygen atoms in total. The number of ether oxygens (including phenoxy) is 5. The van der Waals surface area contributed by atoms with Gasteiger partial charge in [-0.3, -0.25) is 9.36 Å². The molecule has 218 valence electrons. The Morgan fingerprint density at radius 1 is 1.05 bits per heavy atom. The van der Waals surface area contributed by atoms with Crippen LogP contribution in [-0.4, -0.2) is 44.1 Å². The summed E-state index contributed by atoms with van der Waals surface area (Å²) in [6.07, 6.45) is 2.60. The standard InChI is InChI=1S/C31H36N2O7S/c1-8-14-39-22-12-10-20(15-24(22)36-6)16-26-29(34)33-28(21-11-13-23(40-18(3)4)25(17-21)37-7)27(30(35)38-9-2)19(5)32-31(33)41-26/h10-13,15-18,28H,8-9,14H2,1-7H3/b26-16-/t28-/m0/s1. The molecule has 0 aliphatic carbocycles. The van der Waals surface area contributed by atoms with E-state index in [1.54, 1.807) is 50.8 Å². The van der Waals surface area contributed by atoms with Crippen LogP contribution in [0.1, 0.15) is 58.2 Å². The largest absolute Gasteiger partial charge is 0.493 e. The smallest absolute Gasteiger partial charge is 0.338 e. The molecule has 0 amide bonds. The second-order valence-corrected chi connectivity index (χ2v) is 10.6. The van der Waals surface area contributed by atoms with E-state index in [2.05, 4.69) is 4.99 Å². The number of nitrogens with zero attached hydrogens (tertiary/aromatic N) is 2. The second-order valence-electron chi connectivity index (χ2n) is 9.64. The summed E-state index contributed by atoms with van der Waals surface area (Å²) in [5.74, 6) is 1.75. The summed E-state index contributed by atoms with van der Waals surface area (Å²) in [5.41, 5.74) is 1.94. The van der Waals surface area contributed by atoms with Crippen LogP contribution in [0.4, 0.5) is 0 Å². The number of thiazole rings is 1.